The van der Waals surface area contributed by atoms with Crippen LogP contribution in [-0.4, -0.2) is 24.5 Å². The Morgan fingerprint density at radius 2 is 1.94 bits per heavy atom. The minimum absolute atomic E-state index is 0.0184. The summed E-state index contributed by atoms with van der Waals surface area (Å²) in [5, 5.41) is 6.64. The van der Waals surface area contributed by atoms with E-state index in [4.69, 9.17) is 0 Å². The Bertz CT molecular complexity index is 295. The zero-order valence-corrected chi connectivity index (χ0v) is 12.1. The van der Waals surface area contributed by atoms with E-state index in [1.165, 1.54) is 32.1 Å². The van der Waals surface area contributed by atoms with E-state index in [1.807, 2.05) is 0 Å². The quantitative estimate of drug-likeness (QED) is 0.810. The van der Waals surface area contributed by atoms with Gasteiger partial charge in [-0.2, -0.15) is 0 Å². The first-order valence-corrected chi connectivity index (χ1v) is 7.54. The van der Waals surface area contributed by atoms with Gasteiger partial charge in [0.1, 0.15) is 0 Å². The molecule has 3 nitrogen and oxygen atoms in total. The molecule has 1 aliphatic heterocycles. The summed E-state index contributed by atoms with van der Waals surface area (Å²) < 4.78 is 0. The van der Waals surface area contributed by atoms with E-state index in [9.17, 15) is 4.79 Å². The van der Waals surface area contributed by atoms with Crippen LogP contribution >= 0.6 is 0 Å². The van der Waals surface area contributed by atoms with E-state index in [2.05, 4.69) is 31.4 Å². The maximum atomic E-state index is 12.4. The maximum absolute atomic E-state index is 12.4. The number of amides is 1. The third-order valence-corrected chi connectivity index (χ3v) is 4.87. The third kappa shape index (κ3) is 3.05. The van der Waals surface area contributed by atoms with Crippen LogP contribution < -0.4 is 10.6 Å². The van der Waals surface area contributed by atoms with E-state index in [1.54, 1.807) is 0 Å². The molecule has 104 valence electrons. The van der Waals surface area contributed by atoms with Crippen molar-refractivity contribution in [1.29, 1.82) is 0 Å². The van der Waals surface area contributed by atoms with Gasteiger partial charge in [-0.3, -0.25) is 4.79 Å². The van der Waals surface area contributed by atoms with Gasteiger partial charge in [0, 0.05) is 6.04 Å². The molecular formula is C15H28N2O. The Hall–Kier alpha value is -0.570. The van der Waals surface area contributed by atoms with Crippen LogP contribution in [0.15, 0.2) is 0 Å². The molecule has 1 amide bonds. The lowest BCUT2D eigenvalue weighted by Crippen LogP contribution is -2.57. The first-order valence-electron chi connectivity index (χ1n) is 7.54. The molecule has 2 fully saturated rings. The van der Waals surface area contributed by atoms with Crippen molar-refractivity contribution in [2.75, 3.05) is 6.54 Å². The van der Waals surface area contributed by atoms with Crippen molar-refractivity contribution < 1.29 is 4.79 Å². The standard InChI is InChI=1S/C15H28N2O/c1-11(12-7-4-5-8-12)17-14(18)13-15(2,3)9-6-10-16-13/h11-13,16H,4-10H2,1-3H3,(H,17,18). The summed E-state index contributed by atoms with van der Waals surface area (Å²) in [5.41, 5.74) is 0.0811. The van der Waals surface area contributed by atoms with Gasteiger partial charge in [0.05, 0.1) is 6.04 Å². The predicted molar refractivity (Wildman–Crippen MR) is 74.4 cm³/mol. The molecule has 0 aromatic rings. The smallest absolute Gasteiger partial charge is 0.237 e. The highest BCUT2D eigenvalue weighted by atomic mass is 16.2. The third-order valence-electron chi connectivity index (χ3n) is 4.87. The molecule has 2 N–H and O–H groups in total. The van der Waals surface area contributed by atoms with Gasteiger partial charge in [-0.05, 0) is 50.5 Å². The van der Waals surface area contributed by atoms with Crippen molar-refractivity contribution in [3.63, 3.8) is 0 Å². The number of carbonyl (C=O) groups is 1. The summed E-state index contributed by atoms with van der Waals surface area (Å²) in [6.45, 7) is 7.54. The lowest BCUT2D eigenvalue weighted by Gasteiger charge is -2.39. The number of carbonyl (C=O) groups excluding carboxylic acids is 1. The van der Waals surface area contributed by atoms with Gasteiger partial charge in [-0.25, -0.2) is 0 Å². The summed E-state index contributed by atoms with van der Waals surface area (Å²) in [7, 11) is 0. The Balaban J connectivity index is 1.90. The number of nitrogens with one attached hydrogen (secondary N) is 2. The summed E-state index contributed by atoms with van der Waals surface area (Å²) in [6.07, 6.45) is 7.53. The van der Waals surface area contributed by atoms with Crippen LogP contribution in [0.1, 0.15) is 59.3 Å². The van der Waals surface area contributed by atoms with Gasteiger partial charge in [0.15, 0.2) is 0 Å². The first kappa shape index (κ1) is 13.9. The zero-order valence-electron chi connectivity index (χ0n) is 12.1. The molecule has 2 atom stereocenters. The van der Waals surface area contributed by atoms with Crippen LogP contribution in [0, 0.1) is 11.3 Å². The average molecular weight is 252 g/mol. The van der Waals surface area contributed by atoms with Crippen LogP contribution in [-0.2, 0) is 4.79 Å². The summed E-state index contributed by atoms with van der Waals surface area (Å²) in [5.74, 6) is 0.903. The first-order chi connectivity index (χ1) is 8.50. The van der Waals surface area contributed by atoms with Gasteiger partial charge >= 0.3 is 0 Å². The van der Waals surface area contributed by atoms with Crippen LogP contribution in [0.4, 0.5) is 0 Å². The highest BCUT2D eigenvalue weighted by Gasteiger charge is 2.38. The molecule has 2 rings (SSSR count). The predicted octanol–water partition coefficient (Wildman–Crippen LogP) is 2.46. The Morgan fingerprint density at radius 1 is 1.28 bits per heavy atom. The zero-order chi connectivity index (χ0) is 13.2. The van der Waals surface area contributed by atoms with Gasteiger partial charge in [0.2, 0.25) is 5.91 Å². The fourth-order valence-corrected chi connectivity index (χ4v) is 3.54. The van der Waals surface area contributed by atoms with Crippen LogP contribution in [0.2, 0.25) is 0 Å². The highest BCUT2D eigenvalue weighted by molar-refractivity contribution is 5.83. The average Bonchev–Trinajstić information content (AvgIpc) is 2.81. The van der Waals surface area contributed by atoms with Crippen molar-refractivity contribution in [1.82, 2.24) is 10.6 Å². The Morgan fingerprint density at radius 3 is 2.56 bits per heavy atom. The summed E-state index contributed by atoms with van der Waals surface area (Å²) >= 11 is 0. The SMILES string of the molecule is CC(NC(=O)C1NCCCC1(C)C)C1CCCC1. The molecule has 0 spiro atoms. The van der Waals surface area contributed by atoms with Gasteiger partial charge < -0.3 is 10.6 Å². The molecule has 1 saturated heterocycles. The highest BCUT2D eigenvalue weighted by Crippen LogP contribution is 2.31. The van der Waals surface area contributed by atoms with Crippen molar-refractivity contribution in [2.45, 2.75) is 71.4 Å². The number of hydrogen-bond donors (Lipinski definition) is 2. The van der Waals surface area contributed by atoms with Crippen LogP contribution in [0.5, 0.6) is 0 Å². The molecule has 1 saturated carbocycles. The van der Waals surface area contributed by atoms with Gasteiger partial charge in [-0.15, -0.1) is 0 Å². The normalized spacial score (nSPS) is 30.1. The monoisotopic (exact) mass is 252 g/mol. The molecule has 2 unspecified atom stereocenters. The van der Waals surface area contributed by atoms with Crippen molar-refractivity contribution in [3.8, 4) is 0 Å². The van der Waals surface area contributed by atoms with Crippen LogP contribution in [0.3, 0.4) is 0 Å². The van der Waals surface area contributed by atoms with Crippen molar-refractivity contribution in [2.24, 2.45) is 11.3 Å². The maximum Gasteiger partial charge on any atom is 0.237 e. The molecule has 0 bridgehead atoms. The molecule has 1 aliphatic carbocycles. The summed E-state index contributed by atoms with van der Waals surface area (Å²) in [6, 6.07) is 0.314. The van der Waals surface area contributed by atoms with Gasteiger partial charge in [0.25, 0.3) is 0 Å². The fourth-order valence-electron chi connectivity index (χ4n) is 3.54. The number of hydrogen-bond acceptors (Lipinski definition) is 2. The minimum atomic E-state index is -0.0184. The second-order valence-corrected chi connectivity index (χ2v) is 6.82. The summed E-state index contributed by atoms with van der Waals surface area (Å²) in [4.78, 5) is 12.4. The van der Waals surface area contributed by atoms with Crippen molar-refractivity contribution in [3.05, 3.63) is 0 Å². The van der Waals surface area contributed by atoms with Crippen molar-refractivity contribution >= 4 is 5.91 Å². The van der Waals surface area contributed by atoms with E-state index >= 15 is 0 Å². The number of rotatable bonds is 3. The second-order valence-electron chi connectivity index (χ2n) is 6.82. The molecular weight excluding hydrogens is 224 g/mol. The molecule has 18 heavy (non-hydrogen) atoms. The Kier molecular flexibility index (Phi) is 4.31. The molecule has 3 heteroatoms. The second kappa shape index (κ2) is 5.60. The minimum Gasteiger partial charge on any atom is -0.352 e. The lowest BCUT2D eigenvalue weighted by atomic mass is 9.77. The Labute approximate surface area is 111 Å². The molecule has 0 aromatic carbocycles. The molecule has 0 aromatic heterocycles. The molecule has 0 radical (unpaired) electrons. The largest absolute Gasteiger partial charge is 0.352 e. The van der Waals surface area contributed by atoms with Gasteiger partial charge in [-0.1, -0.05) is 26.7 Å². The molecule has 2 aliphatic rings. The van der Waals surface area contributed by atoms with E-state index in [-0.39, 0.29) is 17.4 Å². The van der Waals surface area contributed by atoms with E-state index in [0.717, 1.165) is 13.0 Å². The number of piperidine rings is 1. The topological polar surface area (TPSA) is 41.1 Å². The lowest BCUT2D eigenvalue weighted by molar-refractivity contribution is -0.127. The van der Waals surface area contributed by atoms with E-state index < -0.39 is 0 Å². The van der Waals surface area contributed by atoms with E-state index in [0.29, 0.717) is 12.0 Å². The van der Waals surface area contributed by atoms with Crippen LogP contribution in [0.25, 0.3) is 0 Å². The molecule has 1 heterocycles. The fraction of sp³-hybridized carbons (Fsp3) is 0.933.